The van der Waals surface area contributed by atoms with E-state index in [1.54, 1.807) is 0 Å². The fraction of sp³-hybridized carbons (Fsp3) is 0.438. The number of nitrogens with zero attached hydrogens (tertiary/aromatic N) is 1. The molecule has 1 N–H and O–H groups in total. The van der Waals surface area contributed by atoms with E-state index in [0.717, 1.165) is 29.5 Å². The first-order valence-electron chi connectivity index (χ1n) is 7.36. The molecular formula is C16H16N2O2S. The lowest BCUT2D eigenvalue weighted by atomic mass is 9.97. The van der Waals surface area contributed by atoms with Crippen LogP contribution in [0.5, 0.6) is 0 Å². The van der Waals surface area contributed by atoms with Crippen molar-refractivity contribution in [2.45, 2.75) is 37.6 Å². The largest absolute Gasteiger partial charge is 0.350 e. The van der Waals surface area contributed by atoms with E-state index in [0.29, 0.717) is 17.8 Å². The van der Waals surface area contributed by atoms with Gasteiger partial charge in [-0.15, -0.1) is 11.3 Å². The second-order valence-corrected chi connectivity index (χ2v) is 7.15. The lowest BCUT2D eigenvalue weighted by molar-refractivity contribution is -0.122. The van der Waals surface area contributed by atoms with Gasteiger partial charge in [-0.1, -0.05) is 12.1 Å². The molecule has 1 saturated heterocycles. The van der Waals surface area contributed by atoms with Gasteiger partial charge < -0.3 is 5.32 Å². The molecule has 2 aromatic rings. The normalized spacial score (nSPS) is 22.7. The summed E-state index contributed by atoms with van der Waals surface area (Å²) in [7, 11) is 0. The van der Waals surface area contributed by atoms with E-state index < -0.39 is 0 Å². The highest BCUT2D eigenvalue weighted by Gasteiger charge is 2.51. The maximum absolute atomic E-state index is 12.3. The number of carbonyl (C=O) groups excluding carboxylic acids is 2. The Hall–Kier alpha value is -1.75. The molecule has 1 spiro atoms. The summed E-state index contributed by atoms with van der Waals surface area (Å²) in [5, 5.41) is 3.64. The van der Waals surface area contributed by atoms with E-state index in [4.69, 9.17) is 0 Å². The third kappa shape index (κ3) is 2.35. The van der Waals surface area contributed by atoms with Crippen molar-refractivity contribution < 1.29 is 9.59 Å². The van der Waals surface area contributed by atoms with Crippen molar-refractivity contribution in [3.63, 3.8) is 0 Å². The fourth-order valence-electron chi connectivity index (χ4n) is 3.10. The summed E-state index contributed by atoms with van der Waals surface area (Å²) in [5.41, 5.74) is 0.974. The minimum absolute atomic E-state index is 0.00540. The van der Waals surface area contributed by atoms with E-state index in [1.807, 2.05) is 24.3 Å². The number of thiazole rings is 1. The highest BCUT2D eigenvalue weighted by Crippen LogP contribution is 2.46. The summed E-state index contributed by atoms with van der Waals surface area (Å²) in [5.74, 6) is 0.191. The number of carbonyl (C=O) groups is 2. The summed E-state index contributed by atoms with van der Waals surface area (Å²) >= 11 is 1.44. The second-order valence-electron chi connectivity index (χ2n) is 6.12. The van der Waals surface area contributed by atoms with Crippen LogP contribution in [0, 0.1) is 5.92 Å². The molecule has 2 aliphatic rings. The summed E-state index contributed by atoms with van der Waals surface area (Å²) in [6, 6.07) is 7.77. The first-order chi connectivity index (χ1) is 10.2. The summed E-state index contributed by atoms with van der Waals surface area (Å²) in [4.78, 5) is 28.5. The van der Waals surface area contributed by atoms with Crippen LogP contribution in [-0.2, 0) is 4.79 Å². The predicted molar refractivity (Wildman–Crippen MR) is 81.4 cm³/mol. The monoisotopic (exact) mass is 300 g/mol. The van der Waals surface area contributed by atoms with Gasteiger partial charge in [-0.05, 0) is 37.8 Å². The minimum atomic E-state index is 0.00540. The van der Waals surface area contributed by atoms with Crippen molar-refractivity contribution in [2.75, 3.05) is 0 Å². The molecule has 4 rings (SSSR count). The summed E-state index contributed by atoms with van der Waals surface area (Å²) in [6.45, 7) is 0. The zero-order valence-corrected chi connectivity index (χ0v) is 12.4. The summed E-state index contributed by atoms with van der Waals surface area (Å²) < 4.78 is 1.04. The van der Waals surface area contributed by atoms with E-state index in [1.165, 1.54) is 11.3 Å². The average Bonchev–Trinajstić information content (AvgIpc) is 2.97. The Bertz CT molecular complexity index is 700. The number of ketones is 1. The molecule has 0 radical (unpaired) electrons. The molecule has 1 unspecified atom stereocenters. The number of fused-ring (bicyclic) bond motifs is 1. The van der Waals surface area contributed by atoms with Gasteiger partial charge in [0.1, 0.15) is 0 Å². The Kier molecular flexibility index (Phi) is 2.85. The molecule has 1 atom stereocenters. The molecular weight excluding hydrogens is 284 g/mol. The van der Waals surface area contributed by atoms with E-state index in [9.17, 15) is 9.59 Å². The average molecular weight is 300 g/mol. The first-order valence-corrected chi connectivity index (χ1v) is 8.18. The Morgan fingerprint density at radius 2 is 2.19 bits per heavy atom. The molecule has 5 heteroatoms. The number of hydrogen-bond acceptors (Lipinski definition) is 4. The number of nitrogens with one attached hydrogen (secondary N) is 1. The number of benzene rings is 1. The van der Waals surface area contributed by atoms with Gasteiger partial charge in [0.2, 0.25) is 5.91 Å². The molecule has 4 nitrogen and oxygen atoms in total. The van der Waals surface area contributed by atoms with Crippen molar-refractivity contribution in [1.82, 2.24) is 10.3 Å². The van der Waals surface area contributed by atoms with Crippen LogP contribution in [0.3, 0.4) is 0 Å². The van der Waals surface area contributed by atoms with Gasteiger partial charge in [-0.2, -0.15) is 0 Å². The molecule has 2 heterocycles. The fourth-order valence-corrected chi connectivity index (χ4v) is 4.03. The Balaban J connectivity index is 1.42. The lowest BCUT2D eigenvalue weighted by Crippen LogP contribution is -2.27. The Labute approximate surface area is 126 Å². The molecule has 1 aromatic carbocycles. The third-order valence-electron chi connectivity index (χ3n) is 4.50. The van der Waals surface area contributed by atoms with Crippen LogP contribution in [0.2, 0.25) is 0 Å². The number of aromatic nitrogens is 1. The SMILES string of the molecule is O=C(CCC1CC2(CC2)NC1=O)c1nc2ccccc2s1. The molecule has 1 aromatic heterocycles. The van der Waals surface area contributed by atoms with Gasteiger partial charge in [0.25, 0.3) is 0 Å². The number of Topliss-reactive ketones (excluding diaryl/α,β-unsaturated/α-hetero) is 1. The maximum Gasteiger partial charge on any atom is 0.223 e. The third-order valence-corrected chi connectivity index (χ3v) is 5.58. The van der Waals surface area contributed by atoms with E-state index in [2.05, 4.69) is 10.3 Å². The highest BCUT2D eigenvalue weighted by molar-refractivity contribution is 7.20. The van der Waals surface area contributed by atoms with Gasteiger partial charge in [0.05, 0.1) is 10.2 Å². The van der Waals surface area contributed by atoms with Crippen molar-refractivity contribution in [3.8, 4) is 0 Å². The van der Waals surface area contributed by atoms with Crippen molar-refractivity contribution >= 4 is 33.2 Å². The molecule has 21 heavy (non-hydrogen) atoms. The highest BCUT2D eigenvalue weighted by atomic mass is 32.1. The quantitative estimate of drug-likeness (QED) is 0.883. The smallest absolute Gasteiger partial charge is 0.223 e. The molecule has 108 valence electrons. The van der Waals surface area contributed by atoms with Crippen molar-refractivity contribution in [2.24, 2.45) is 5.92 Å². The molecule has 1 saturated carbocycles. The molecule has 0 bridgehead atoms. The number of hydrogen-bond donors (Lipinski definition) is 1. The van der Waals surface area contributed by atoms with Gasteiger partial charge in [0, 0.05) is 17.9 Å². The van der Waals surface area contributed by atoms with Crippen molar-refractivity contribution in [3.05, 3.63) is 29.3 Å². The Morgan fingerprint density at radius 1 is 1.38 bits per heavy atom. The molecule has 1 aliphatic carbocycles. The van der Waals surface area contributed by atoms with Crippen LogP contribution < -0.4 is 5.32 Å². The second kappa shape index (κ2) is 4.63. The van der Waals surface area contributed by atoms with Crippen LogP contribution in [0.25, 0.3) is 10.2 Å². The molecule has 1 aliphatic heterocycles. The van der Waals surface area contributed by atoms with Crippen molar-refractivity contribution in [1.29, 1.82) is 0 Å². The van der Waals surface area contributed by atoms with Gasteiger partial charge >= 0.3 is 0 Å². The van der Waals surface area contributed by atoms with Crippen LogP contribution in [0.4, 0.5) is 0 Å². The number of amides is 1. The summed E-state index contributed by atoms with van der Waals surface area (Å²) in [6.07, 6.45) is 4.15. The maximum atomic E-state index is 12.3. The predicted octanol–water partition coefficient (Wildman–Crippen LogP) is 2.93. The van der Waals surface area contributed by atoms with E-state index in [-0.39, 0.29) is 23.1 Å². The lowest BCUT2D eigenvalue weighted by Gasteiger charge is -2.05. The number of rotatable bonds is 4. The number of para-hydroxylation sites is 1. The van der Waals surface area contributed by atoms with Gasteiger partial charge in [-0.25, -0.2) is 4.98 Å². The van der Waals surface area contributed by atoms with Crippen LogP contribution in [0.15, 0.2) is 24.3 Å². The Morgan fingerprint density at radius 3 is 2.90 bits per heavy atom. The van der Waals surface area contributed by atoms with Crippen LogP contribution in [0.1, 0.15) is 41.9 Å². The van der Waals surface area contributed by atoms with Crippen LogP contribution >= 0.6 is 11.3 Å². The van der Waals surface area contributed by atoms with E-state index >= 15 is 0 Å². The topological polar surface area (TPSA) is 59.1 Å². The minimum Gasteiger partial charge on any atom is -0.350 e. The molecule has 1 amide bonds. The van der Waals surface area contributed by atoms with Gasteiger partial charge in [0.15, 0.2) is 10.8 Å². The zero-order valence-electron chi connectivity index (χ0n) is 11.6. The zero-order chi connectivity index (χ0) is 14.4. The van der Waals surface area contributed by atoms with Crippen LogP contribution in [-0.4, -0.2) is 22.2 Å². The first kappa shape index (κ1) is 13.0. The van der Waals surface area contributed by atoms with Gasteiger partial charge in [-0.3, -0.25) is 9.59 Å². The molecule has 2 fully saturated rings. The standard InChI is InChI=1S/C16H16N2O2S/c19-12(15-17-11-3-1-2-4-13(11)21-15)6-5-10-9-16(7-8-16)18-14(10)20/h1-4,10H,5-9H2,(H,18,20).